The largest absolute Gasteiger partial charge is 0.497 e. The van der Waals surface area contributed by atoms with Crippen molar-refractivity contribution in [2.45, 2.75) is 25.9 Å². The lowest BCUT2D eigenvalue weighted by Crippen LogP contribution is -2.35. The maximum Gasteiger partial charge on any atom is 0.170 e. The monoisotopic (exact) mass is 375 g/mol. The highest BCUT2D eigenvalue weighted by Gasteiger charge is 2.32. The van der Waals surface area contributed by atoms with Crippen LogP contribution in [0.1, 0.15) is 30.6 Å². The highest BCUT2D eigenvalue weighted by Crippen LogP contribution is 2.35. The molecule has 0 atom stereocenters. The van der Waals surface area contributed by atoms with Gasteiger partial charge in [-0.15, -0.1) is 10.2 Å². The molecular formula is C22H21N3O3. The van der Waals surface area contributed by atoms with Crippen LogP contribution in [0, 0.1) is 0 Å². The predicted octanol–water partition coefficient (Wildman–Crippen LogP) is 4.64. The van der Waals surface area contributed by atoms with Gasteiger partial charge in [-0.05, 0) is 68.4 Å². The second kappa shape index (κ2) is 6.96. The Labute approximate surface area is 163 Å². The fourth-order valence-electron chi connectivity index (χ4n) is 3.19. The Balaban J connectivity index is 1.52. The van der Waals surface area contributed by atoms with Gasteiger partial charge >= 0.3 is 0 Å². The Hall–Kier alpha value is -3.41. The lowest BCUT2D eigenvalue weighted by molar-refractivity contribution is 0.0620. The minimum absolute atomic E-state index is 0.0795. The quantitative estimate of drug-likeness (QED) is 0.716. The van der Waals surface area contributed by atoms with Crippen LogP contribution in [0.2, 0.25) is 0 Å². The molecule has 3 aromatic rings. The standard InChI is InChI=1S/C22H21N3O3/c1-22(2)13-19(26)17-12-15(6-10-20(17)28-22)23-21-11-9-18(24-25-21)14-4-7-16(27-3)8-5-14/h4-12H,13H2,1-3H3,(H,23,25). The first-order valence-electron chi connectivity index (χ1n) is 9.05. The molecule has 0 radical (unpaired) electrons. The molecule has 1 N–H and O–H groups in total. The number of fused-ring (bicyclic) bond motifs is 1. The molecule has 4 rings (SSSR count). The molecule has 0 amide bonds. The lowest BCUT2D eigenvalue weighted by Gasteiger charge is -2.31. The van der Waals surface area contributed by atoms with Crippen LogP contribution in [0.3, 0.4) is 0 Å². The maximum atomic E-state index is 12.4. The molecule has 0 fully saturated rings. The normalized spacial score (nSPS) is 14.8. The van der Waals surface area contributed by atoms with Crippen molar-refractivity contribution in [2.24, 2.45) is 0 Å². The number of ether oxygens (including phenoxy) is 2. The average molecular weight is 375 g/mol. The fourth-order valence-corrected chi connectivity index (χ4v) is 3.19. The van der Waals surface area contributed by atoms with Crippen molar-refractivity contribution in [1.29, 1.82) is 0 Å². The van der Waals surface area contributed by atoms with Crippen LogP contribution in [0.25, 0.3) is 11.3 Å². The molecule has 2 heterocycles. The maximum absolute atomic E-state index is 12.4. The van der Waals surface area contributed by atoms with Crippen molar-refractivity contribution in [3.8, 4) is 22.8 Å². The topological polar surface area (TPSA) is 73.3 Å². The Morgan fingerprint density at radius 2 is 1.82 bits per heavy atom. The number of anilines is 2. The molecule has 0 unspecified atom stereocenters. The molecule has 0 aliphatic carbocycles. The fraction of sp³-hybridized carbons (Fsp3) is 0.227. The van der Waals surface area contributed by atoms with Gasteiger partial charge in [-0.25, -0.2) is 0 Å². The van der Waals surface area contributed by atoms with E-state index in [2.05, 4.69) is 15.5 Å². The molecule has 0 spiro atoms. The minimum atomic E-state index is -0.470. The third-order valence-electron chi connectivity index (χ3n) is 4.58. The zero-order chi connectivity index (χ0) is 19.7. The van der Waals surface area contributed by atoms with Crippen molar-refractivity contribution in [3.05, 3.63) is 60.2 Å². The molecule has 28 heavy (non-hydrogen) atoms. The molecule has 1 aliphatic rings. The Morgan fingerprint density at radius 1 is 1.04 bits per heavy atom. The van der Waals surface area contributed by atoms with Crippen LogP contribution in [0.15, 0.2) is 54.6 Å². The van der Waals surface area contributed by atoms with E-state index in [1.165, 1.54) is 0 Å². The van der Waals surface area contributed by atoms with Gasteiger partial charge in [0.05, 0.1) is 24.8 Å². The van der Waals surface area contributed by atoms with Crippen LogP contribution in [-0.2, 0) is 0 Å². The number of methoxy groups -OCH3 is 1. The van der Waals surface area contributed by atoms with Crippen LogP contribution < -0.4 is 14.8 Å². The number of ketones is 1. The molecule has 0 saturated heterocycles. The number of nitrogens with one attached hydrogen (secondary N) is 1. The summed E-state index contributed by atoms with van der Waals surface area (Å²) >= 11 is 0. The highest BCUT2D eigenvalue weighted by atomic mass is 16.5. The number of carbonyl (C=O) groups is 1. The lowest BCUT2D eigenvalue weighted by atomic mass is 9.93. The van der Waals surface area contributed by atoms with Crippen LogP contribution >= 0.6 is 0 Å². The predicted molar refractivity (Wildman–Crippen MR) is 107 cm³/mol. The molecule has 1 aliphatic heterocycles. The van der Waals surface area contributed by atoms with Gasteiger partial charge in [0.2, 0.25) is 0 Å². The number of benzene rings is 2. The molecule has 1 aromatic heterocycles. The Kier molecular flexibility index (Phi) is 4.47. The SMILES string of the molecule is COc1ccc(-c2ccc(Nc3ccc4c(c3)C(=O)CC(C)(C)O4)nn2)cc1. The molecule has 2 aromatic carbocycles. The Morgan fingerprint density at radius 3 is 2.50 bits per heavy atom. The van der Waals surface area contributed by atoms with Crippen LogP contribution in [0.5, 0.6) is 11.5 Å². The van der Waals surface area contributed by atoms with E-state index in [1.54, 1.807) is 13.2 Å². The number of carbonyl (C=O) groups excluding carboxylic acids is 1. The first-order valence-corrected chi connectivity index (χ1v) is 9.05. The van der Waals surface area contributed by atoms with E-state index < -0.39 is 5.60 Å². The number of aromatic nitrogens is 2. The smallest absolute Gasteiger partial charge is 0.170 e. The van der Waals surface area contributed by atoms with Gasteiger partial charge in [0.1, 0.15) is 17.1 Å². The minimum Gasteiger partial charge on any atom is -0.497 e. The van der Waals surface area contributed by atoms with Crippen LogP contribution in [0.4, 0.5) is 11.5 Å². The van der Waals surface area contributed by atoms with Crippen molar-refractivity contribution >= 4 is 17.3 Å². The number of nitrogens with zero attached hydrogens (tertiary/aromatic N) is 2. The van der Waals surface area contributed by atoms with Gasteiger partial charge in [-0.2, -0.15) is 0 Å². The highest BCUT2D eigenvalue weighted by molar-refractivity contribution is 6.01. The number of hydrogen-bond donors (Lipinski definition) is 1. The zero-order valence-corrected chi connectivity index (χ0v) is 16.0. The van der Waals surface area contributed by atoms with Gasteiger partial charge in [0.15, 0.2) is 11.6 Å². The van der Waals surface area contributed by atoms with E-state index in [0.29, 0.717) is 23.6 Å². The summed E-state index contributed by atoms with van der Waals surface area (Å²) in [4.78, 5) is 12.4. The van der Waals surface area contributed by atoms with E-state index >= 15 is 0 Å². The van der Waals surface area contributed by atoms with Crippen molar-refractivity contribution in [1.82, 2.24) is 10.2 Å². The molecular weight excluding hydrogens is 354 g/mol. The average Bonchev–Trinajstić information content (AvgIpc) is 2.68. The number of rotatable bonds is 4. The number of Topliss-reactive ketones (excluding diaryl/α,β-unsaturated/α-hetero) is 1. The van der Waals surface area contributed by atoms with Gasteiger partial charge in [0, 0.05) is 11.3 Å². The summed E-state index contributed by atoms with van der Waals surface area (Å²) in [5.41, 5.74) is 2.61. The summed E-state index contributed by atoms with van der Waals surface area (Å²) in [6.07, 6.45) is 0.361. The van der Waals surface area contributed by atoms with Crippen molar-refractivity contribution in [3.63, 3.8) is 0 Å². The summed E-state index contributed by atoms with van der Waals surface area (Å²) in [5, 5.41) is 11.7. The van der Waals surface area contributed by atoms with E-state index in [0.717, 1.165) is 22.7 Å². The van der Waals surface area contributed by atoms with Gasteiger partial charge < -0.3 is 14.8 Å². The van der Waals surface area contributed by atoms with Gasteiger partial charge in [-0.1, -0.05) is 0 Å². The second-order valence-corrected chi connectivity index (χ2v) is 7.33. The second-order valence-electron chi connectivity index (χ2n) is 7.33. The summed E-state index contributed by atoms with van der Waals surface area (Å²) < 4.78 is 11.1. The first kappa shape index (κ1) is 18.0. The van der Waals surface area contributed by atoms with Gasteiger partial charge in [0.25, 0.3) is 0 Å². The molecule has 142 valence electrons. The third-order valence-corrected chi connectivity index (χ3v) is 4.58. The summed E-state index contributed by atoms with van der Waals surface area (Å²) in [5.74, 6) is 2.09. The summed E-state index contributed by atoms with van der Waals surface area (Å²) in [6.45, 7) is 3.83. The van der Waals surface area contributed by atoms with E-state index in [4.69, 9.17) is 9.47 Å². The van der Waals surface area contributed by atoms with Crippen molar-refractivity contribution < 1.29 is 14.3 Å². The van der Waals surface area contributed by atoms with E-state index in [1.807, 2.05) is 62.4 Å². The molecule has 6 heteroatoms. The first-order chi connectivity index (χ1) is 13.4. The summed E-state index contributed by atoms with van der Waals surface area (Å²) in [7, 11) is 1.64. The third kappa shape index (κ3) is 3.67. The van der Waals surface area contributed by atoms with Crippen molar-refractivity contribution in [2.75, 3.05) is 12.4 Å². The molecule has 0 saturated carbocycles. The van der Waals surface area contributed by atoms with E-state index in [9.17, 15) is 4.79 Å². The number of hydrogen-bond acceptors (Lipinski definition) is 6. The van der Waals surface area contributed by atoms with E-state index in [-0.39, 0.29) is 5.78 Å². The molecule has 6 nitrogen and oxygen atoms in total. The Bertz CT molecular complexity index is 1010. The zero-order valence-electron chi connectivity index (χ0n) is 16.0. The molecule has 0 bridgehead atoms. The van der Waals surface area contributed by atoms with Gasteiger partial charge in [-0.3, -0.25) is 4.79 Å². The summed E-state index contributed by atoms with van der Waals surface area (Å²) in [6, 6.07) is 16.9. The van der Waals surface area contributed by atoms with Crippen LogP contribution in [-0.4, -0.2) is 28.7 Å².